The number of primary amides is 1. The number of aromatic nitrogens is 2. The van der Waals surface area contributed by atoms with Crippen LogP contribution in [-0.2, 0) is 49.6 Å². The van der Waals surface area contributed by atoms with E-state index in [0.29, 0.717) is 36.9 Å². The van der Waals surface area contributed by atoms with Crippen LogP contribution < -0.4 is 43.8 Å². The average Bonchev–Trinajstić information content (AvgIpc) is 2.23. The maximum atomic E-state index is 15.2. The summed E-state index contributed by atoms with van der Waals surface area (Å²) in [4.78, 5) is 130. The number of aliphatic hydroxyl groups excluding tert-OH is 1. The number of nitrogens with zero attached hydrogens (tertiary/aromatic N) is 4. The Kier molecular flexibility index (Phi) is 27.8. The van der Waals surface area contributed by atoms with Gasteiger partial charge in [0, 0.05) is 69.0 Å². The van der Waals surface area contributed by atoms with Gasteiger partial charge in [-0.3, -0.25) is 43.3 Å². The molecule has 25 nitrogen and oxygen atoms in total. The Morgan fingerprint density at radius 2 is 1.47 bits per heavy atom. The molecule has 1 fully saturated rings. The number of thioether (sulfide) groups is 1. The maximum Gasteiger partial charge on any atom is 0.326 e. The van der Waals surface area contributed by atoms with Crippen LogP contribution in [0.5, 0.6) is 0 Å². The molecule has 0 aliphatic carbocycles. The van der Waals surface area contributed by atoms with Gasteiger partial charge >= 0.3 is 18.0 Å². The number of hydrogen-bond acceptors (Lipinski definition) is 15. The standard InChI is InChI=1S/C57H82F2N12O13S/c1-33(2)47(67-44(73)19-10-7-13-25-70-45(74)29-43(53(70)79)85-32-39(61)54(80)81)52(78)65-40(18-14-24-64-56(62)84)51(77)66-41(55(82)83)17-11-12-23-63-50(76)38(60)22-26-69(46(75)31-72)49(57(3,4)5)48-35(27-34-15-8-6-9-16-34)30-71(68-48)42-28-36(58)20-21-37(42)59/h6,8-9,15-16,20-21,28,30,33,38-41,43,47,49,72H,7,10-14,17-19,22-27,29,31-32,60-61H2,1-5H3,(H,63,76)(H,65,78)(H,66,77)(H,67,73)(H,80,81)(H,82,83)(H3,62,64,84)/t38?,39-,40?,41?,43?,47-,49?/m0/s1. The molecule has 1 aliphatic rings. The average molecular weight is 1210 g/mol. The third-order valence-electron chi connectivity index (χ3n) is 14.1. The van der Waals surface area contributed by atoms with E-state index in [1.807, 2.05) is 51.1 Å². The van der Waals surface area contributed by atoms with Crippen LogP contribution in [0, 0.1) is 23.0 Å². The van der Waals surface area contributed by atoms with Crippen LogP contribution >= 0.6 is 11.8 Å². The van der Waals surface area contributed by atoms with Crippen LogP contribution in [0.3, 0.4) is 0 Å². The number of aliphatic hydroxyl groups is 1. The molecule has 1 aliphatic heterocycles. The van der Waals surface area contributed by atoms with Crippen molar-refractivity contribution >= 4 is 71.1 Å². The quantitative estimate of drug-likeness (QED) is 0.0293. The molecule has 7 atom stereocenters. The summed E-state index contributed by atoms with van der Waals surface area (Å²) in [6, 6.07) is 4.31. The van der Waals surface area contributed by atoms with Crippen molar-refractivity contribution in [1.29, 1.82) is 0 Å². The molecule has 3 aromatic rings. The molecule has 2 heterocycles. The summed E-state index contributed by atoms with van der Waals surface area (Å²) >= 11 is 1.01. The fourth-order valence-electron chi connectivity index (χ4n) is 9.53. The molecule has 2 aromatic carbocycles. The lowest BCUT2D eigenvalue weighted by Gasteiger charge is -2.40. The molecule has 1 aromatic heterocycles. The molecule has 0 bridgehead atoms. The Balaban J connectivity index is 1.32. The second-order valence-corrected chi connectivity index (χ2v) is 23.5. The predicted octanol–water partition coefficient (Wildman–Crippen LogP) is 2.13. The Hall–Kier alpha value is -7.56. The van der Waals surface area contributed by atoms with Gasteiger partial charge in [-0.25, -0.2) is 23.1 Å². The summed E-state index contributed by atoms with van der Waals surface area (Å²) in [5.41, 5.74) is 17.9. The van der Waals surface area contributed by atoms with Crippen LogP contribution in [-0.4, -0.2) is 168 Å². The zero-order valence-electron chi connectivity index (χ0n) is 48.7. The molecular weight excluding hydrogens is 1130 g/mol. The van der Waals surface area contributed by atoms with Crippen molar-refractivity contribution in [2.24, 2.45) is 28.5 Å². The molecule has 5 unspecified atom stereocenters. The van der Waals surface area contributed by atoms with Gasteiger partial charge in [-0.2, -0.15) is 5.10 Å². The molecule has 85 heavy (non-hydrogen) atoms. The highest BCUT2D eigenvalue weighted by Crippen LogP contribution is 2.40. The fourth-order valence-corrected chi connectivity index (χ4v) is 10.6. The first-order valence-corrected chi connectivity index (χ1v) is 29.3. The van der Waals surface area contributed by atoms with Crippen molar-refractivity contribution in [1.82, 2.24) is 46.2 Å². The molecule has 9 amide bonds. The van der Waals surface area contributed by atoms with Gasteiger partial charge in [0.25, 0.3) is 0 Å². The Bertz CT molecular complexity index is 2800. The molecular formula is C57H82F2N12O13S. The van der Waals surface area contributed by atoms with Crippen LogP contribution in [0.15, 0.2) is 54.7 Å². The molecule has 0 radical (unpaired) electrons. The number of imide groups is 1. The van der Waals surface area contributed by atoms with E-state index in [1.54, 1.807) is 20.0 Å². The van der Waals surface area contributed by atoms with E-state index in [4.69, 9.17) is 27.4 Å². The van der Waals surface area contributed by atoms with Gasteiger partial charge in [0.2, 0.25) is 41.4 Å². The second-order valence-electron chi connectivity index (χ2n) is 22.3. The Labute approximate surface area is 496 Å². The first kappa shape index (κ1) is 69.9. The zero-order valence-corrected chi connectivity index (χ0v) is 49.5. The molecule has 4 rings (SSSR count). The third-order valence-corrected chi connectivity index (χ3v) is 15.4. The predicted molar refractivity (Wildman–Crippen MR) is 310 cm³/mol. The van der Waals surface area contributed by atoms with Gasteiger partial charge in [0.1, 0.15) is 48.1 Å². The summed E-state index contributed by atoms with van der Waals surface area (Å²) in [7, 11) is 0. The number of unbranched alkanes of at least 4 members (excludes halogenated alkanes) is 3. The van der Waals surface area contributed by atoms with E-state index in [9.17, 15) is 62.5 Å². The van der Waals surface area contributed by atoms with E-state index >= 15 is 4.39 Å². The van der Waals surface area contributed by atoms with Gasteiger partial charge in [-0.15, -0.1) is 11.8 Å². The number of urea groups is 1. The first-order valence-electron chi connectivity index (χ1n) is 28.2. The number of nitrogens with one attached hydrogen (secondary N) is 5. The van der Waals surface area contributed by atoms with Crippen LogP contribution in [0.4, 0.5) is 13.6 Å². The van der Waals surface area contributed by atoms with Gasteiger partial charge < -0.3 is 64.0 Å². The lowest BCUT2D eigenvalue weighted by molar-refractivity contribution is -0.142. The van der Waals surface area contributed by atoms with Crippen molar-refractivity contribution in [3.63, 3.8) is 0 Å². The molecule has 0 saturated carbocycles. The molecule has 14 N–H and O–H groups in total. The number of carboxylic acid groups (broad SMARTS) is 2. The van der Waals surface area contributed by atoms with E-state index < -0.39 is 124 Å². The number of aliphatic carboxylic acids is 2. The minimum Gasteiger partial charge on any atom is -0.480 e. The monoisotopic (exact) mass is 1210 g/mol. The summed E-state index contributed by atoms with van der Waals surface area (Å²) < 4.78 is 30.8. The topological polar surface area (TPSA) is 394 Å². The van der Waals surface area contributed by atoms with Gasteiger partial charge in [0.05, 0.1) is 23.0 Å². The number of halogens is 2. The smallest absolute Gasteiger partial charge is 0.326 e. The lowest BCUT2D eigenvalue weighted by Crippen LogP contribution is -2.57. The number of likely N-dealkylation sites (tertiary alicyclic amines) is 1. The van der Waals surface area contributed by atoms with Gasteiger partial charge in [-0.1, -0.05) is 71.4 Å². The Morgan fingerprint density at radius 1 is 0.800 bits per heavy atom. The second kappa shape index (κ2) is 33.8. The van der Waals surface area contributed by atoms with Crippen LogP contribution in [0.2, 0.25) is 0 Å². The minimum absolute atomic E-state index is 0.0133. The summed E-state index contributed by atoms with van der Waals surface area (Å²) in [5, 5.41) is 46.2. The zero-order chi connectivity index (χ0) is 63.1. The van der Waals surface area contributed by atoms with Gasteiger partial charge in [0.15, 0.2) is 0 Å². The van der Waals surface area contributed by atoms with Crippen molar-refractivity contribution in [2.45, 2.75) is 153 Å². The lowest BCUT2D eigenvalue weighted by atomic mass is 9.81. The molecule has 468 valence electrons. The third kappa shape index (κ3) is 22.1. The van der Waals surface area contributed by atoms with E-state index in [2.05, 4.69) is 26.6 Å². The van der Waals surface area contributed by atoms with Crippen molar-refractivity contribution in [3.8, 4) is 5.69 Å². The number of nitrogens with two attached hydrogens (primary N) is 3. The summed E-state index contributed by atoms with van der Waals surface area (Å²) in [6.45, 7) is 8.00. The number of benzene rings is 2. The highest BCUT2D eigenvalue weighted by atomic mass is 32.2. The highest BCUT2D eigenvalue weighted by Gasteiger charge is 2.40. The number of amides is 9. The number of carboxylic acids is 2. The largest absolute Gasteiger partial charge is 0.480 e. The normalized spacial score (nSPS) is 15.5. The SMILES string of the molecule is CC(C)[C@H](NC(=O)CCCCCN1C(=O)CC(SC[C@H](N)C(=O)O)C1=O)C(=O)NC(CCCNC(N)=O)C(=O)NC(CCCCNC(=O)C(N)CCN(C(=O)CO)C(c1nn(-c2cc(F)ccc2F)cc1Cc1ccccc1)C(C)(C)C)C(=O)O. The number of carbonyl (C=O) groups is 10. The summed E-state index contributed by atoms with van der Waals surface area (Å²) in [6.07, 6.45) is 3.21. The summed E-state index contributed by atoms with van der Waals surface area (Å²) in [5.74, 6) is -8.76. The first-order chi connectivity index (χ1) is 40.1. The number of rotatable bonds is 36. The molecule has 28 heteroatoms. The number of hydrogen-bond donors (Lipinski definition) is 11. The van der Waals surface area contributed by atoms with E-state index in [1.165, 1.54) is 9.58 Å². The van der Waals surface area contributed by atoms with Crippen molar-refractivity contribution in [2.75, 3.05) is 38.5 Å². The van der Waals surface area contributed by atoms with Crippen molar-refractivity contribution in [3.05, 3.63) is 83.2 Å². The Morgan fingerprint density at radius 3 is 2.11 bits per heavy atom. The highest BCUT2D eigenvalue weighted by molar-refractivity contribution is 8.00. The molecule has 0 spiro atoms. The van der Waals surface area contributed by atoms with E-state index in [-0.39, 0.29) is 94.9 Å². The van der Waals surface area contributed by atoms with Gasteiger partial charge in [-0.05, 0) is 80.4 Å². The van der Waals surface area contributed by atoms with E-state index in [0.717, 1.165) is 40.4 Å². The van der Waals surface area contributed by atoms with Crippen LogP contribution in [0.1, 0.15) is 128 Å². The van der Waals surface area contributed by atoms with Crippen molar-refractivity contribution < 1.29 is 72.0 Å². The fraction of sp³-hybridized carbons (Fsp3) is 0.561. The van der Waals surface area contributed by atoms with Crippen LogP contribution in [0.25, 0.3) is 5.69 Å². The maximum absolute atomic E-state index is 15.2. The molecule has 1 saturated heterocycles. The minimum atomic E-state index is -1.45. The number of carbonyl (C=O) groups excluding carboxylic acids is 8.